The number of nitrogens with two attached hydrogens (primary N) is 2. The van der Waals surface area contributed by atoms with Crippen LogP contribution in [0, 0.1) is 0 Å². The molecule has 1 saturated heterocycles. The standard InChI is InChI=1S/C18H22ClN3.C12H17ClN2/c1-21(18-8-7-15(20)11-17(18)19)16-9-10-22(13-16)12-14-5-3-2-4-6-14;1-15(10-4-2-3-5-10)12-7-6-9(14)8-11(12)13/h2-8,11,16H,9-10,12-13,20H2,1H3;6-8,10H,2-5,14H2,1H3. The Kier molecular flexibility index (Phi) is 9.47. The Hall–Kier alpha value is -2.60. The molecule has 3 aromatic rings. The summed E-state index contributed by atoms with van der Waals surface area (Å²) in [7, 11) is 4.24. The first-order valence-corrected chi connectivity index (χ1v) is 13.9. The van der Waals surface area contributed by atoms with E-state index in [9.17, 15) is 0 Å². The Balaban J connectivity index is 0.000000186. The fraction of sp³-hybridized carbons (Fsp3) is 0.400. The van der Waals surface area contributed by atoms with Crippen LogP contribution >= 0.6 is 23.2 Å². The number of hydrogen-bond donors (Lipinski definition) is 2. The van der Waals surface area contributed by atoms with Gasteiger partial charge in [-0.3, -0.25) is 4.90 Å². The Labute approximate surface area is 231 Å². The van der Waals surface area contributed by atoms with Crippen molar-refractivity contribution >= 4 is 46.0 Å². The highest BCUT2D eigenvalue weighted by atomic mass is 35.5. The van der Waals surface area contributed by atoms with E-state index in [0.29, 0.717) is 17.8 Å². The van der Waals surface area contributed by atoms with Crippen molar-refractivity contribution in [1.29, 1.82) is 0 Å². The second-order valence-electron chi connectivity index (χ2n) is 10.2. The minimum absolute atomic E-state index is 0.491. The SMILES string of the molecule is CN(c1ccc(N)cc1Cl)C1CCCC1.CN(c1ccc(N)cc1Cl)C1CCN(Cc2ccccc2)C1. The van der Waals surface area contributed by atoms with Crippen LogP contribution in [-0.4, -0.2) is 44.2 Å². The molecule has 4 N–H and O–H groups in total. The van der Waals surface area contributed by atoms with Crippen molar-refractivity contribution in [3.8, 4) is 0 Å². The van der Waals surface area contributed by atoms with Crippen LogP contribution < -0.4 is 21.3 Å². The first-order valence-electron chi connectivity index (χ1n) is 13.1. The Bertz CT molecular complexity index is 1150. The van der Waals surface area contributed by atoms with Crippen molar-refractivity contribution < 1.29 is 0 Å². The molecule has 0 spiro atoms. The first-order chi connectivity index (χ1) is 17.8. The molecular weight excluding hydrogens is 501 g/mol. The number of hydrogen-bond acceptors (Lipinski definition) is 5. The van der Waals surface area contributed by atoms with E-state index in [-0.39, 0.29) is 0 Å². The van der Waals surface area contributed by atoms with E-state index in [0.717, 1.165) is 53.2 Å². The van der Waals surface area contributed by atoms with Gasteiger partial charge in [0.05, 0.1) is 21.4 Å². The van der Waals surface area contributed by atoms with Crippen LogP contribution in [0.15, 0.2) is 66.7 Å². The van der Waals surface area contributed by atoms with E-state index in [1.807, 2.05) is 36.4 Å². The van der Waals surface area contributed by atoms with Crippen molar-refractivity contribution in [1.82, 2.24) is 4.90 Å². The lowest BCUT2D eigenvalue weighted by Crippen LogP contribution is -2.34. The largest absolute Gasteiger partial charge is 0.399 e. The number of likely N-dealkylation sites (N-methyl/N-ethyl adjacent to an activating group) is 1. The van der Waals surface area contributed by atoms with Crippen LogP contribution in [-0.2, 0) is 6.54 Å². The van der Waals surface area contributed by atoms with E-state index >= 15 is 0 Å². The number of nitrogen functional groups attached to an aromatic ring is 2. The van der Waals surface area contributed by atoms with E-state index < -0.39 is 0 Å². The zero-order valence-electron chi connectivity index (χ0n) is 21.9. The molecule has 2 fully saturated rings. The zero-order chi connectivity index (χ0) is 26.4. The number of halogens is 2. The van der Waals surface area contributed by atoms with Gasteiger partial charge in [-0.1, -0.05) is 66.4 Å². The topological polar surface area (TPSA) is 61.8 Å². The van der Waals surface area contributed by atoms with E-state index in [2.05, 4.69) is 59.1 Å². The summed E-state index contributed by atoms with van der Waals surface area (Å²) in [5.74, 6) is 0. The molecule has 37 heavy (non-hydrogen) atoms. The molecule has 1 unspecified atom stereocenters. The van der Waals surface area contributed by atoms with Gasteiger partial charge in [-0.05, 0) is 61.2 Å². The van der Waals surface area contributed by atoms with Gasteiger partial charge in [-0.15, -0.1) is 0 Å². The molecular formula is C30H39Cl2N5. The molecule has 1 saturated carbocycles. The maximum absolute atomic E-state index is 6.33. The molecule has 7 heteroatoms. The summed E-state index contributed by atoms with van der Waals surface area (Å²) in [6, 6.07) is 23.3. The van der Waals surface area contributed by atoms with Crippen LogP contribution in [0.25, 0.3) is 0 Å². The molecule has 1 aliphatic carbocycles. The van der Waals surface area contributed by atoms with Gasteiger partial charge < -0.3 is 21.3 Å². The average Bonchev–Trinajstić information content (AvgIpc) is 3.57. The van der Waals surface area contributed by atoms with Gasteiger partial charge in [-0.25, -0.2) is 0 Å². The monoisotopic (exact) mass is 539 g/mol. The summed E-state index contributed by atoms with van der Waals surface area (Å²) in [5, 5.41) is 1.48. The summed E-state index contributed by atoms with van der Waals surface area (Å²) in [6.45, 7) is 3.20. The maximum atomic E-state index is 6.33. The zero-order valence-corrected chi connectivity index (χ0v) is 23.4. The van der Waals surface area contributed by atoms with Gasteiger partial charge in [-0.2, -0.15) is 0 Å². The molecule has 198 valence electrons. The number of likely N-dealkylation sites (tertiary alicyclic amines) is 1. The maximum Gasteiger partial charge on any atom is 0.0660 e. The van der Waals surface area contributed by atoms with Gasteiger partial charge in [0.25, 0.3) is 0 Å². The Morgan fingerprint density at radius 2 is 1.30 bits per heavy atom. The number of rotatable bonds is 6. The molecule has 5 nitrogen and oxygen atoms in total. The van der Waals surface area contributed by atoms with Crippen LogP contribution in [0.2, 0.25) is 10.0 Å². The molecule has 3 aromatic carbocycles. The highest BCUT2D eigenvalue weighted by molar-refractivity contribution is 6.33. The average molecular weight is 541 g/mol. The number of benzene rings is 3. The van der Waals surface area contributed by atoms with Crippen molar-refractivity contribution in [3.63, 3.8) is 0 Å². The molecule has 1 heterocycles. The highest BCUT2D eigenvalue weighted by Crippen LogP contribution is 2.33. The minimum atomic E-state index is 0.491. The number of nitrogens with zero attached hydrogens (tertiary/aromatic N) is 3. The second-order valence-corrected chi connectivity index (χ2v) is 11.1. The molecule has 2 aliphatic rings. The first kappa shape index (κ1) is 27.4. The van der Waals surface area contributed by atoms with Crippen molar-refractivity contribution in [2.75, 3.05) is 48.5 Å². The molecule has 1 aliphatic heterocycles. The molecule has 0 radical (unpaired) electrons. The van der Waals surface area contributed by atoms with Gasteiger partial charge in [0, 0.05) is 57.2 Å². The highest BCUT2D eigenvalue weighted by Gasteiger charge is 2.27. The van der Waals surface area contributed by atoms with E-state index in [1.54, 1.807) is 0 Å². The quantitative estimate of drug-likeness (QED) is 0.332. The van der Waals surface area contributed by atoms with Crippen LogP contribution in [0.4, 0.5) is 22.7 Å². The molecule has 5 rings (SSSR count). The minimum Gasteiger partial charge on any atom is -0.399 e. The summed E-state index contributed by atoms with van der Waals surface area (Å²) in [4.78, 5) is 7.07. The molecule has 1 atom stereocenters. The lowest BCUT2D eigenvalue weighted by Gasteiger charge is -2.28. The van der Waals surface area contributed by atoms with Crippen LogP contribution in [0.3, 0.4) is 0 Å². The lowest BCUT2D eigenvalue weighted by atomic mass is 10.2. The smallest absolute Gasteiger partial charge is 0.0660 e. The van der Waals surface area contributed by atoms with Crippen LogP contribution in [0.1, 0.15) is 37.7 Å². The summed E-state index contributed by atoms with van der Waals surface area (Å²) in [5.41, 5.74) is 16.4. The van der Waals surface area contributed by atoms with Crippen molar-refractivity contribution in [3.05, 3.63) is 82.3 Å². The van der Waals surface area contributed by atoms with Gasteiger partial charge in [0.1, 0.15) is 0 Å². The predicted molar refractivity (Wildman–Crippen MR) is 161 cm³/mol. The van der Waals surface area contributed by atoms with Gasteiger partial charge in [0.2, 0.25) is 0 Å². The van der Waals surface area contributed by atoms with Gasteiger partial charge in [0.15, 0.2) is 0 Å². The lowest BCUT2D eigenvalue weighted by molar-refractivity contribution is 0.326. The predicted octanol–water partition coefficient (Wildman–Crippen LogP) is 6.93. The molecule has 0 aromatic heterocycles. The Morgan fingerprint density at radius 1 is 0.757 bits per heavy atom. The molecule has 0 bridgehead atoms. The third kappa shape index (κ3) is 7.25. The van der Waals surface area contributed by atoms with Gasteiger partial charge >= 0.3 is 0 Å². The fourth-order valence-electron chi connectivity index (χ4n) is 5.42. The normalized spacial score (nSPS) is 17.9. The third-order valence-corrected chi connectivity index (χ3v) is 8.23. The van der Waals surface area contributed by atoms with E-state index in [4.69, 9.17) is 34.7 Å². The van der Waals surface area contributed by atoms with E-state index in [1.165, 1.54) is 31.2 Å². The van der Waals surface area contributed by atoms with Crippen LogP contribution in [0.5, 0.6) is 0 Å². The summed E-state index contributed by atoms with van der Waals surface area (Å²) < 4.78 is 0. The molecule has 0 amide bonds. The summed E-state index contributed by atoms with van der Waals surface area (Å²) in [6.07, 6.45) is 6.38. The second kappa shape index (κ2) is 12.8. The number of anilines is 4. The third-order valence-electron chi connectivity index (χ3n) is 7.62. The summed E-state index contributed by atoms with van der Waals surface area (Å²) >= 11 is 12.5. The van der Waals surface area contributed by atoms with Crippen molar-refractivity contribution in [2.45, 2.75) is 50.7 Å². The fourth-order valence-corrected chi connectivity index (χ4v) is 6.06. The Morgan fingerprint density at radius 3 is 1.84 bits per heavy atom. The van der Waals surface area contributed by atoms with Crippen molar-refractivity contribution in [2.24, 2.45) is 0 Å².